The minimum absolute atomic E-state index is 0.128. The van der Waals surface area contributed by atoms with E-state index < -0.39 is 6.36 Å². The van der Waals surface area contributed by atoms with Crippen LogP contribution in [0.25, 0.3) is 0 Å². The van der Waals surface area contributed by atoms with Crippen LogP contribution in [-0.4, -0.2) is 77.8 Å². The molecule has 40 heavy (non-hydrogen) atoms. The van der Waals surface area contributed by atoms with E-state index >= 15 is 0 Å². The topological polar surface area (TPSA) is 157 Å². The van der Waals surface area contributed by atoms with E-state index in [1.807, 2.05) is 9.80 Å². The monoisotopic (exact) mass is 565 g/mol. The van der Waals surface area contributed by atoms with Crippen LogP contribution in [0.5, 0.6) is 5.75 Å². The zero-order valence-corrected chi connectivity index (χ0v) is 22.2. The number of nitrogens with two attached hydrogens (primary N) is 2. The second-order valence-corrected chi connectivity index (χ2v) is 9.12. The molecule has 218 valence electrons. The maximum Gasteiger partial charge on any atom is 0.573 e. The summed E-state index contributed by atoms with van der Waals surface area (Å²) in [4.78, 5) is 27.8. The van der Waals surface area contributed by atoms with Crippen LogP contribution >= 0.6 is 0 Å². The maximum atomic E-state index is 12.5. The highest BCUT2D eigenvalue weighted by molar-refractivity contribution is 5.91. The second-order valence-electron chi connectivity index (χ2n) is 9.12. The van der Waals surface area contributed by atoms with Gasteiger partial charge < -0.3 is 31.7 Å². The lowest BCUT2D eigenvalue weighted by molar-refractivity contribution is -0.274. The molecule has 0 radical (unpaired) electrons. The van der Waals surface area contributed by atoms with Gasteiger partial charge >= 0.3 is 6.36 Å². The van der Waals surface area contributed by atoms with E-state index in [2.05, 4.69) is 25.7 Å². The number of halogens is 3. The van der Waals surface area contributed by atoms with Crippen molar-refractivity contribution in [2.75, 3.05) is 44.7 Å². The fourth-order valence-electron chi connectivity index (χ4n) is 4.01. The molecule has 0 saturated carbocycles. The van der Waals surface area contributed by atoms with Gasteiger partial charge in [-0.25, -0.2) is 0 Å². The average Bonchev–Trinajstić information content (AvgIpc) is 3.38. The Bertz CT molecular complexity index is 1210. The number of rotatable bonds is 12. The number of aromatic nitrogens is 3. The highest BCUT2D eigenvalue weighted by Gasteiger charge is 2.31. The Labute approximate surface area is 229 Å². The summed E-state index contributed by atoms with van der Waals surface area (Å²) in [6, 6.07) is 5.83. The first-order chi connectivity index (χ1) is 19.0. The Morgan fingerprint density at radius 3 is 2.58 bits per heavy atom. The summed E-state index contributed by atoms with van der Waals surface area (Å²) in [5.74, 6) is -0.676. The molecular formula is C25H34F3N9O3. The molecule has 15 heteroatoms. The number of aryl methyl sites for hydroxylation is 1. The number of ether oxygens (including phenoxy) is 1. The van der Waals surface area contributed by atoms with Gasteiger partial charge in [0.05, 0.1) is 12.7 Å². The molecule has 0 spiro atoms. The van der Waals surface area contributed by atoms with E-state index in [1.165, 1.54) is 31.3 Å². The lowest BCUT2D eigenvalue weighted by Crippen LogP contribution is -2.49. The number of anilines is 1. The average molecular weight is 566 g/mol. The van der Waals surface area contributed by atoms with E-state index in [9.17, 15) is 22.8 Å². The van der Waals surface area contributed by atoms with Crippen LogP contribution in [0.15, 0.2) is 54.1 Å². The molecule has 1 aliphatic heterocycles. The standard InChI is InChI=1S/C25H34F3N9O3/c1-31-24(39)21-16-37(34-33-21)10-3-2-5-18(29)8-9-22(30)32-23(38)17-35-11-13-36(14-12-35)19-6-4-7-20(15-19)40-25(26,27)28/h4,6-9,15-16H,2-3,5,10-14,17,29-30H2,1H3,(H,31,39)(H,32,38)/b18-8-,22-9+. The zero-order chi connectivity index (χ0) is 29.1. The molecule has 12 nitrogen and oxygen atoms in total. The number of alkyl halides is 3. The van der Waals surface area contributed by atoms with Crippen molar-refractivity contribution in [3.8, 4) is 5.75 Å². The third-order valence-electron chi connectivity index (χ3n) is 6.02. The van der Waals surface area contributed by atoms with Crippen LogP contribution in [-0.2, 0) is 11.3 Å². The summed E-state index contributed by atoms with van der Waals surface area (Å²) in [5, 5.41) is 12.8. The minimum Gasteiger partial charge on any atom is -0.406 e. The van der Waals surface area contributed by atoms with Gasteiger partial charge in [-0.2, -0.15) is 0 Å². The fourth-order valence-corrected chi connectivity index (χ4v) is 4.01. The smallest absolute Gasteiger partial charge is 0.406 e. The molecule has 2 aromatic rings. The van der Waals surface area contributed by atoms with Crippen LogP contribution in [0.3, 0.4) is 0 Å². The summed E-state index contributed by atoms with van der Waals surface area (Å²) in [7, 11) is 1.53. The summed E-state index contributed by atoms with van der Waals surface area (Å²) in [6.07, 6.45) is 2.19. The van der Waals surface area contributed by atoms with Gasteiger partial charge in [-0.3, -0.25) is 19.2 Å². The predicted octanol–water partition coefficient (Wildman–Crippen LogP) is 1.29. The van der Waals surface area contributed by atoms with Crippen LogP contribution in [0.2, 0.25) is 0 Å². The van der Waals surface area contributed by atoms with Crippen LogP contribution < -0.4 is 31.7 Å². The third-order valence-corrected chi connectivity index (χ3v) is 6.02. The number of unbranched alkanes of at least 4 members (excludes halogenated alkanes) is 1. The molecule has 1 fully saturated rings. The van der Waals surface area contributed by atoms with E-state index in [1.54, 1.807) is 23.0 Å². The first-order valence-electron chi connectivity index (χ1n) is 12.7. The van der Waals surface area contributed by atoms with Gasteiger partial charge in [0.1, 0.15) is 11.6 Å². The van der Waals surface area contributed by atoms with Gasteiger partial charge in [-0.1, -0.05) is 11.3 Å². The Hall–Kier alpha value is -4.27. The van der Waals surface area contributed by atoms with Crippen molar-refractivity contribution in [1.82, 2.24) is 30.5 Å². The maximum absolute atomic E-state index is 12.5. The zero-order valence-electron chi connectivity index (χ0n) is 22.2. The number of nitrogens with zero attached hydrogens (tertiary/aromatic N) is 5. The van der Waals surface area contributed by atoms with Gasteiger partial charge in [-0.05, 0) is 43.5 Å². The third kappa shape index (κ3) is 10.1. The minimum atomic E-state index is -4.75. The molecule has 3 rings (SSSR count). The molecule has 1 saturated heterocycles. The highest BCUT2D eigenvalue weighted by atomic mass is 19.4. The van der Waals surface area contributed by atoms with E-state index in [0.29, 0.717) is 50.5 Å². The van der Waals surface area contributed by atoms with Gasteiger partial charge in [0.25, 0.3) is 5.91 Å². The van der Waals surface area contributed by atoms with Crippen molar-refractivity contribution in [3.63, 3.8) is 0 Å². The molecule has 2 amide bonds. The molecule has 1 aromatic carbocycles. The van der Waals surface area contributed by atoms with Crippen molar-refractivity contribution in [3.05, 3.63) is 59.8 Å². The van der Waals surface area contributed by atoms with Crippen molar-refractivity contribution < 1.29 is 27.5 Å². The normalized spacial score (nSPS) is 15.2. The molecule has 1 aromatic heterocycles. The molecule has 0 unspecified atom stereocenters. The van der Waals surface area contributed by atoms with Crippen molar-refractivity contribution in [2.45, 2.75) is 32.2 Å². The number of amides is 2. The van der Waals surface area contributed by atoms with Crippen LogP contribution in [0.4, 0.5) is 18.9 Å². The SMILES string of the molecule is CNC(=O)c1cn(CCCC/C(N)=C/C=C(\N)NC(=O)CN2CCN(c3cccc(OC(F)(F)F)c3)CC2)nn1. The number of allylic oxidation sites excluding steroid dienone is 3. The van der Waals surface area contributed by atoms with Crippen LogP contribution in [0, 0.1) is 0 Å². The lowest BCUT2D eigenvalue weighted by atomic mass is 10.2. The number of hydrogen-bond acceptors (Lipinski definition) is 9. The Balaban J connectivity index is 1.35. The summed E-state index contributed by atoms with van der Waals surface area (Å²) < 4.78 is 43.1. The van der Waals surface area contributed by atoms with Crippen LogP contribution in [0.1, 0.15) is 29.8 Å². The molecule has 0 atom stereocenters. The molecule has 6 N–H and O–H groups in total. The summed E-state index contributed by atoms with van der Waals surface area (Å²) in [5.41, 5.74) is 13.4. The Morgan fingerprint density at radius 2 is 1.88 bits per heavy atom. The lowest BCUT2D eigenvalue weighted by Gasteiger charge is -2.35. The first-order valence-corrected chi connectivity index (χ1v) is 12.7. The molecule has 0 bridgehead atoms. The molecule has 2 heterocycles. The van der Waals surface area contributed by atoms with Crippen molar-refractivity contribution in [2.24, 2.45) is 11.5 Å². The predicted molar refractivity (Wildman–Crippen MR) is 142 cm³/mol. The summed E-state index contributed by atoms with van der Waals surface area (Å²) in [6.45, 7) is 2.91. The van der Waals surface area contributed by atoms with Gasteiger partial charge in [0.15, 0.2) is 5.69 Å². The molecule has 1 aliphatic rings. The number of carbonyl (C=O) groups excluding carboxylic acids is 2. The largest absolute Gasteiger partial charge is 0.573 e. The molecular weight excluding hydrogens is 531 g/mol. The number of benzene rings is 1. The number of hydrogen-bond donors (Lipinski definition) is 4. The number of piperazine rings is 1. The van der Waals surface area contributed by atoms with Gasteiger partial charge in [0.2, 0.25) is 5.91 Å². The van der Waals surface area contributed by atoms with E-state index in [4.69, 9.17) is 11.5 Å². The van der Waals surface area contributed by atoms with Crippen molar-refractivity contribution >= 4 is 17.5 Å². The molecule has 0 aliphatic carbocycles. The Morgan fingerprint density at radius 1 is 1.12 bits per heavy atom. The van der Waals surface area contributed by atoms with E-state index in [-0.39, 0.29) is 35.6 Å². The first kappa shape index (κ1) is 30.3. The Kier molecular flexibility index (Phi) is 10.8. The number of nitrogens with one attached hydrogen (secondary N) is 2. The number of carbonyl (C=O) groups is 2. The quantitative estimate of drug-likeness (QED) is 0.220. The second kappa shape index (κ2) is 14.2. The fraction of sp³-hybridized carbons (Fsp3) is 0.440. The van der Waals surface area contributed by atoms with Gasteiger partial charge in [-0.15, -0.1) is 18.3 Å². The highest BCUT2D eigenvalue weighted by Crippen LogP contribution is 2.27. The van der Waals surface area contributed by atoms with Gasteiger partial charge in [0, 0.05) is 57.2 Å². The van der Waals surface area contributed by atoms with E-state index in [0.717, 1.165) is 12.8 Å². The summed E-state index contributed by atoms with van der Waals surface area (Å²) >= 11 is 0. The van der Waals surface area contributed by atoms with Crippen molar-refractivity contribution in [1.29, 1.82) is 0 Å².